The Morgan fingerprint density at radius 3 is 2.61 bits per heavy atom. The molecule has 0 bridgehead atoms. The average molecular weight is 381 g/mol. The van der Waals surface area contributed by atoms with Crippen LogP contribution in [0.5, 0.6) is 17.4 Å². The maximum Gasteiger partial charge on any atom is 0.246 e. The molecule has 2 aromatic carbocycles. The summed E-state index contributed by atoms with van der Waals surface area (Å²) in [7, 11) is 0. The van der Waals surface area contributed by atoms with Crippen molar-refractivity contribution >= 4 is 11.6 Å². The first-order chi connectivity index (χ1) is 13.7. The molecule has 0 saturated carbocycles. The Kier molecular flexibility index (Phi) is 6.51. The monoisotopic (exact) mass is 381 g/mol. The summed E-state index contributed by atoms with van der Waals surface area (Å²) in [5.74, 6) is 1.16. The summed E-state index contributed by atoms with van der Waals surface area (Å²) in [6, 6.07) is 16.4. The maximum atomic E-state index is 12.5. The minimum absolute atomic E-state index is 0.0477. The number of ether oxygens (including phenoxy) is 2. The fraction of sp³-hybridized carbons (Fsp3) is 0.190. The SMILES string of the molecule is CC(=O)N(Cc1ccccc1OCCF)c1cncnc1Oc1ccccc1. The fourth-order valence-corrected chi connectivity index (χ4v) is 2.64. The predicted octanol–water partition coefficient (Wildman–Crippen LogP) is 4.17. The number of carbonyl (C=O) groups is 1. The highest BCUT2D eigenvalue weighted by atomic mass is 19.1. The number of anilines is 1. The van der Waals surface area contributed by atoms with Gasteiger partial charge in [-0.05, 0) is 18.2 Å². The zero-order valence-electron chi connectivity index (χ0n) is 15.4. The van der Waals surface area contributed by atoms with Crippen molar-refractivity contribution in [2.24, 2.45) is 0 Å². The standard InChI is InChI=1S/C21H20FN3O3/c1-16(26)25(14-17-7-5-6-10-20(17)27-12-11-22)19-13-23-15-24-21(19)28-18-8-3-2-4-9-18/h2-10,13,15H,11-12,14H2,1H3. The Bertz CT molecular complexity index is 922. The molecule has 0 aliphatic carbocycles. The van der Waals surface area contributed by atoms with Crippen LogP contribution in [0.2, 0.25) is 0 Å². The summed E-state index contributed by atoms with van der Waals surface area (Å²) in [5.41, 5.74) is 1.17. The van der Waals surface area contributed by atoms with Gasteiger partial charge in [0.1, 0.15) is 36.8 Å². The number of amides is 1. The highest BCUT2D eigenvalue weighted by Gasteiger charge is 2.20. The summed E-state index contributed by atoms with van der Waals surface area (Å²) in [5, 5.41) is 0. The van der Waals surface area contributed by atoms with Gasteiger partial charge in [-0.3, -0.25) is 4.79 Å². The zero-order valence-corrected chi connectivity index (χ0v) is 15.4. The molecule has 0 aliphatic heterocycles. The maximum absolute atomic E-state index is 12.5. The van der Waals surface area contributed by atoms with Crippen molar-refractivity contribution in [1.29, 1.82) is 0 Å². The Labute approximate surface area is 162 Å². The lowest BCUT2D eigenvalue weighted by Crippen LogP contribution is -2.28. The second-order valence-corrected chi connectivity index (χ2v) is 5.88. The highest BCUT2D eigenvalue weighted by molar-refractivity contribution is 5.92. The van der Waals surface area contributed by atoms with E-state index in [1.54, 1.807) is 24.3 Å². The molecule has 1 amide bonds. The first kappa shape index (κ1) is 19.3. The largest absolute Gasteiger partial charge is 0.491 e. The molecule has 0 N–H and O–H groups in total. The fourth-order valence-electron chi connectivity index (χ4n) is 2.64. The summed E-state index contributed by atoms with van der Waals surface area (Å²) < 4.78 is 23.8. The van der Waals surface area contributed by atoms with Gasteiger partial charge in [0.15, 0.2) is 0 Å². The summed E-state index contributed by atoms with van der Waals surface area (Å²) in [6.45, 7) is 1.01. The molecular formula is C21H20FN3O3. The lowest BCUT2D eigenvalue weighted by molar-refractivity contribution is -0.116. The molecule has 144 valence electrons. The van der Waals surface area contributed by atoms with Gasteiger partial charge in [-0.15, -0.1) is 0 Å². The van der Waals surface area contributed by atoms with Gasteiger partial charge in [0, 0.05) is 12.5 Å². The number of halogens is 1. The van der Waals surface area contributed by atoms with Crippen LogP contribution in [0.15, 0.2) is 67.1 Å². The molecule has 1 heterocycles. The van der Waals surface area contributed by atoms with Crippen LogP contribution in [0.4, 0.5) is 10.1 Å². The first-order valence-electron chi connectivity index (χ1n) is 8.76. The second-order valence-electron chi connectivity index (χ2n) is 5.88. The molecule has 0 fully saturated rings. The number of hydrogen-bond acceptors (Lipinski definition) is 5. The van der Waals surface area contributed by atoms with Crippen molar-refractivity contribution in [3.8, 4) is 17.4 Å². The Balaban J connectivity index is 1.91. The van der Waals surface area contributed by atoms with Crippen molar-refractivity contribution in [1.82, 2.24) is 9.97 Å². The number of aromatic nitrogens is 2. The van der Waals surface area contributed by atoms with Gasteiger partial charge >= 0.3 is 0 Å². The average Bonchev–Trinajstić information content (AvgIpc) is 2.72. The quantitative estimate of drug-likeness (QED) is 0.586. The lowest BCUT2D eigenvalue weighted by atomic mass is 10.1. The number of rotatable bonds is 8. The van der Waals surface area contributed by atoms with Gasteiger partial charge in [-0.25, -0.2) is 9.37 Å². The zero-order chi connectivity index (χ0) is 19.8. The molecule has 28 heavy (non-hydrogen) atoms. The molecule has 1 aromatic heterocycles. The first-order valence-corrected chi connectivity index (χ1v) is 8.76. The van der Waals surface area contributed by atoms with E-state index in [0.717, 1.165) is 5.56 Å². The summed E-state index contributed by atoms with van der Waals surface area (Å²) in [6.07, 6.45) is 2.89. The van der Waals surface area contributed by atoms with E-state index in [2.05, 4.69) is 9.97 Å². The topological polar surface area (TPSA) is 64.6 Å². The minimum Gasteiger partial charge on any atom is -0.491 e. The molecule has 3 rings (SSSR count). The van der Waals surface area contributed by atoms with Crippen molar-refractivity contribution in [3.63, 3.8) is 0 Å². The van der Waals surface area contributed by atoms with Crippen LogP contribution in [0.25, 0.3) is 0 Å². The van der Waals surface area contributed by atoms with E-state index in [1.807, 2.05) is 30.3 Å². The van der Waals surface area contributed by atoms with E-state index in [-0.39, 0.29) is 24.9 Å². The van der Waals surface area contributed by atoms with Gasteiger partial charge in [-0.1, -0.05) is 36.4 Å². The van der Waals surface area contributed by atoms with Crippen LogP contribution in [0.3, 0.4) is 0 Å². The summed E-state index contributed by atoms with van der Waals surface area (Å²) in [4.78, 5) is 22.1. The van der Waals surface area contributed by atoms with Crippen LogP contribution < -0.4 is 14.4 Å². The van der Waals surface area contributed by atoms with Gasteiger partial charge in [0.05, 0.1) is 12.7 Å². The number of alkyl halides is 1. The van der Waals surface area contributed by atoms with Crippen molar-refractivity contribution in [2.75, 3.05) is 18.2 Å². The molecule has 0 radical (unpaired) electrons. The van der Waals surface area contributed by atoms with E-state index in [1.165, 1.54) is 24.3 Å². The van der Waals surface area contributed by atoms with E-state index in [0.29, 0.717) is 17.2 Å². The van der Waals surface area contributed by atoms with Gasteiger partial charge < -0.3 is 14.4 Å². The van der Waals surface area contributed by atoms with E-state index in [9.17, 15) is 9.18 Å². The normalized spacial score (nSPS) is 10.4. The minimum atomic E-state index is -0.591. The van der Waals surface area contributed by atoms with Gasteiger partial charge in [-0.2, -0.15) is 4.98 Å². The smallest absolute Gasteiger partial charge is 0.246 e. The van der Waals surface area contributed by atoms with Crippen molar-refractivity contribution in [2.45, 2.75) is 13.5 Å². The molecule has 0 unspecified atom stereocenters. The number of nitrogens with zero attached hydrogens (tertiary/aromatic N) is 3. The highest BCUT2D eigenvalue weighted by Crippen LogP contribution is 2.31. The van der Waals surface area contributed by atoms with Crippen LogP contribution in [-0.2, 0) is 11.3 Å². The van der Waals surface area contributed by atoms with E-state index < -0.39 is 6.67 Å². The van der Waals surface area contributed by atoms with Gasteiger partial charge in [0.25, 0.3) is 0 Å². The number of carbonyl (C=O) groups excluding carboxylic acids is 1. The Hall–Kier alpha value is -3.48. The molecular weight excluding hydrogens is 361 g/mol. The molecule has 0 spiro atoms. The van der Waals surface area contributed by atoms with Crippen molar-refractivity contribution in [3.05, 3.63) is 72.7 Å². The molecule has 7 heteroatoms. The van der Waals surface area contributed by atoms with Gasteiger partial charge in [0.2, 0.25) is 11.8 Å². The van der Waals surface area contributed by atoms with Crippen LogP contribution >= 0.6 is 0 Å². The molecule has 0 atom stereocenters. The summed E-state index contributed by atoms with van der Waals surface area (Å²) >= 11 is 0. The van der Waals surface area contributed by atoms with E-state index in [4.69, 9.17) is 9.47 Å². The molecule has 0 aliphatic rings. The van der Waals surface area contributed by atoms with Crippen molar-refractivity contribution < 1.29 is 18.7 Å². The molecule has 6 nitrogen and oxygen atoms in total. The third-order valence-electron chi connectivity index (χ3n) is 3.92. The van der Waals surface area contributed by atoms with E-state index >= 15 is 0 Å². The lowest BCUT2D eigenvalue weighted by Gasteiger charge is -2.23. The molecule has 0 saturated heterocycles. The second kappa shape index (κ2) is 9.45. The third kappa shape index (κ3) is 4.82. The number of hydrogen-bond donors (Lipinski definition) is 0. The Morgan fingerprint density at radius 2 is 1.86 bits per heavy atom. The third-order valence-corrected chi connectivity index (χ3v) is 3.92. The molecule has 3 aromatic rings. The predicted molar refractivity (Wildman–Crippen MR) is 103 cm³/mol. The number of benzene rings is 2. The Morgan fingerprint density at radius 1 is 1.11 bits per heavy atom. The van der Waals surface area contributed by atoms with Crippen LogP contribution in [0.1, 0.15) is 12.5 Å². The van der Waals surface area contributed by atoms with Crippen LogP contribution in [-0.4, -0.2) is 29.2 Å². The number of para-hydroxylation sites is 2. The van der Waals surface area contributed by atoms with Crippen LogP contribution in [0, 0.1) is 0 Å².